The van der Waals surface area contributed by atoms with E-state index in [0.717, 1.165) is 0 Å². The monoisotopic (exact) mass is 229 g/mol. The third-order valence-electron chi connectivity index (χ3n) is 1.72. The minimum Gasteiger partial charge on any atom is -0.398 e. The number of thioether (sulfide) groups is 1. The first kappa shape index (κ1) is 11.8. The summed E-state index contributed by atoms with van der Waals surface area (Å²) in [6.45, 7) is 0. The summed E-state index contributed by atoms with van der Waals surface area (Å²) in [5, 5.41) is 0. The van der Waals surface area contributed by atoms with Crippen molar-refractivity contribution in [2.45, 2.75) is 11.3 Å². The average molecular weight is 229 g/mol. The van der Waals surface area contributed by atoms with Crippen molar-refractivity contribution in [1.82, 2.24) is 5.43 Å². The molecule has 0 aliphatic heterocycles. The summed E-state index contributed by atoms with van der Waals surface area (Å²) in [5.74, 6) is 4.83. The van der Waals surface area contributed by atoms with Crippen molar-refractivity contribution in [3.05, 3.63) is 24.0 Å². The Hall–Kier alpha value is -1.27. The Morgan fingerprint density at radius 2 is 2.27 bits per heavy atom. The van der Waals surface area contributed by atoms with Gasteiger partial charge in [0.15, 0.2) is 0 Å². The van der Waals surface area contributed by atoms with Gasteiger partial charge in [0.25, 0.3) is 0 Å². The normalized spacial score (nSPS) is 10.0. The molecule has 0 unspecified atom stereocenters. The fourth-order valence-corrected chi connectivity index (χ4v) is 1.90. The second-order valence-electron chi connectivity index (χ2n) is 2.85. The molecule has 1 aromatic carbocycles. The summed E-state index contributed by atoms with van der Waals surface area (Å²) in [4.78, 5) is 11.4. The van der Waals surface area contributed by atoms with Crippen molar-refractivity contribution in [1.29, 1.82) is 0 Å². The van der Waals surface area contributed by atoms with Gasteiger partial charge in [0.1, 0.15) is 5.82 Å². The molecule has 1 aromatic rings. The summed E-state index contributed by atoms with van der Waals surface area (Å²) in [7, 11) is 0. The number of carbonyl (C=O) groups is 1. The molecule has 6 heteroatoms. The lowest BCUT2D eigenvalue weighted by Gasteiger charge is -2.04. The molecule has 1 rings (SSSR count). The molecule has 82 valence electrons. The molecule has 0 fully saturated rings. The zero-order chi connectivity index (χ0) is 11.3. The number of hydrogen-bond acceptors (Lipinski definition) is 4. The van der Waals surface area contributed by atoms with Crippen molar-refractivity contribution in [3.63, 3.8) is 0 Å². The number of carbonyl (C=O) groups excluding carboxylic acids is 1. The quantitative estimate of drug-likeness (QED) is 0.235. The number of benzene rings is 1. The van der Waals surface area contributed by atoms with Crippen LogP contribution in [0.3, 0.4) is 0 Å². The van der Waals surface area contributed by atoms with Crippen molar-refractivity contribution >= 4 is 23.4 Å². The Morgan fingerprint density at radius 3 is 2.93 bits per heavy atom. The zero-order valence-corrected chi connectivity index (χ0v) is 8.81. The van der Waals surface area contributed by atoms with Crippen LogP contribution >= 0.6 is 11.8 Å². The average Bonchev–Trinajstić information content (AvgIpc) is 2.23. The smallest absolute Gasteiger partial charge is 0.234 e. The highest BCUT2D eigenvalue weighted by Gasteiger charge is 2.03. The van der Waals surface area contributed by atoms with E-state index < -0.39 is 0 Å². The van der Waals surface area contributed by atoms with Crippen molar-refractivity contribution < 1.29 is 9.18 Å². The highest BCUT2D eigenvalue weighted by molar-refractivity contribution is 7.99. The van der Waals surface area contributed by atoms with Crippen LogP contribution in [0.4, 0.5) is 10.1 Å². The van der Waals surface area contributed by atoms with Gasteiger partial charge in [-0.25, -0.2) is 10.2 Å². The zero-order valence-electron chi connectivity index (χ0n) is 8.00. The maximum Gasteiger partial charge on any atom is 0.234 e. The Morgan fingerprint density at radius 1 is 1.53 bits per heavy atom. The number of hydrazine groups is 1. The number of nitrogens with one attached hydrogen (secondary N) is 1. The van der Waals surface area contributed by atoms with E-state index in [2.05, 4.69) is 0 Å². The van der Waals surface area contributed by atoms with Gasteiger partial charge in [-0.15, -0.1) is 11.8 Å². The third kappa shape index (κ3) is 3.77. The second-order valence-corrected chi connectivity index (χ2v) is 3.98. The summed E-state index contributed by atoms with van der Waals surface area (Å²) in [5.41, 5.74) is 8.15. The van der Waals surface area contributed by atoms with E-state index in [1.807, 2.05) is 5.43 Å². The number of anilines is 1. The Balaban J connectivity index is 2.50. The number of rotatable bonds is 4. The number of nitrogen functional groups attached to an aromatic ring is 1. The predicted octanol–water partition coefficient (Wildman–Crippen LogP) is 0.880. The number of hydrogen-bond donors (Lipinski definition) is 3. The first-order valence-electron chi connectivity index (χ1n) is 4.30. The molecule has 0 heterocycles. The van der Waals surface area contributed by atoms with E-state index >= 15 is 0 Å². The van der Waals surface area contributed by atoms with Gasteiger partial charge in [0.2, 0.25) is 5.91 Å². The molecule has 0 atom stereocenters. The van der Waals surface area contributed by atoms with Crippen LogP contribution in [0.2, 0.25) is 0 Å². The molecule has 0 saturated heterocycles. The summed E-state index contributed by atoms with van der Waals surface area (Å²) in [6.07, 6.45) is 0.275. The minimum absolute atomic E-state index is 0.252. The molecule has 0 aromatic heterocycles. The lowest BCUT2D eigenvalue weighted by Crippen LogP contribution is -2.30. The highest BCUT2D eigenvalue weighted by Crippen LogP contribution is 2.25. The van der Waals surface area contributed by atoms with Gasteiger partial charge in [-0.3, -0.25) is 10.2 Å². The van der Waals surface area contributed by atoms with Crippen LogP contribution in [-0.2, 0) is 4.79 Å². The van der Waals surface area contributed by atoms with Gasteiger partial charge < -0.3 is 5.73 Å². The van der Waals surface area contributed by atoms with Gasteiger partial charge in [-0.1, -0.05) is 0 Å². The van der Waals surface area contributed by atoms with E-state index in [1.165, 1.54) is 30.0 Å². The molecule has 0 saturated carbocycles. The molecular weight excluding hydrogens is 217 g/mol. The van der Waals surface area contributed by atoms with Crippen LogP contribution in [-0.4, -0.2) is 11.7 Å². The molecule has 0 aliphatic rings. The summed E-state index contributed by atoms with van der Waals surface area (Å²) >= 11 is 1.32. The molecule has 0 bridgehead atoms. The van der Waals surface area contributed by atoms with Crippen LogP contribution in [0.1, 0.15) is 6.42 Å². The maximum absolute atomic E-state index is 12.8. The van der Waals surface area contributed by atoms with Crippen LogP contribution in [0.15, 0.2) is 23.1 Å². The van der Waals surface area contributed by atoms with Crippen LogP contribution in [0.5, 0.6) is 0 Å². The fraction of sp³-hybridized carbons (Fsp3) is 0.222. The molecular formula is C9H12FN3OS. The van der Waals surface area contributed by atoms with Gasteiger partial charge in [0, 0.05) is 22.8 Å². The number of amides is 1. The van der Waals surface area contributed by atoms with Gasteiger partial charge in [-0.2, -0.15) is 0 Å². The Labute approximate surface area is 91.2 Å². The molecule has 15 heavy (non-hydrogen) atoms. The number of nitrogens with two attached hydrogens (primary N) is 2. The summed E-state index contributed by atoms with van der Waals surface area (Å²) in [6, 6.07) is 4.15. The van der Waals surface area contributed by atoms with Gasteiger partial charge in [0.05, 0.1) is 0 Å². The predicted molar refractivity (Wildman–Crippen MR) is 58.5 cm³/mol. The van der Waals surface area contributed by atoms with E-state index in [0.29, 0.717) is 16.3 Å². The lowest BCUT2D eigenvalue weighted by molar-refractivity contribution is -0.120. The number of halogens is 1. The minimum atomic E-state index is -0.338. The Bertz CT molecular complexity index is 359. The molecule has 0 aliphatic carbocycles. The van der Waals surface area contributed by atoms with Crippen molar-refractivity contribution in [3.8, 4) is 0 Å². The first-order chi connectivity index (χ1) is 7.13. The fourth-order valence-electron chi connectivity index (χ4n) is 0.959. The van der Waals surface area contributed by atoms with Crippen LogP contribution < -0.4 is 17.0 Å². The molecule has 0 radical (unpaired) electrons. The summed E-state index contributed by atoms with van der Waals surface area (Å²) < 4.78 is 12.8. The third-order valence-corrected chi connectivity index (χ3v) is 2.80. The standard InChI is InChI=1S/C9H12FN3OS/c10-6-1-2-7(11)8(5-6)15-4-3-9(14)13-12/h1-2,5H,3-4,11-12H2,(H,13,14). The SMILES string of the molecule is NNC(=O)CCSc1cc(F)ccc1N. The molecule has 5 N–H and O–H groups in total. The van der Waals surface area contributed by atoms with Gasteiger partial charge in [-0.05, 0) is 18.2 Å². The molecule has 0 spiro atoms. The topological polar surface area (TPSA) is 81.1 Å². The molecule has 1 amide bonds. The van der Waals surface area contributed by atoms with Crippen molar-refractivity contribution in [2.75, 3.05) is 11.5 Å². The first-order valence-corrected chi connectivity index (χ1v) is 5.29. The maximum atomic E-state index is 12.8. The van der Waals surface area contributed by atoms with Crippen LogP contribution in [0, 0.1) is 5.82 Å². The molecule has 4 nitrogen and oxygen atoms in total. The second kappa shape index (κ2) is 5.57. The van der Waals surface area contributed by atoms with Crippen LogP contribution in [0.25, 0.3) is 0 Å². The lowest BCUT2D eigenvalue weighted by atomic mass is 10.3. The van der Waals surface area contributed by atoms with E-state index in [1.54, 1.807) is 0 Å². The van der Waals surface area contributed by atoms with E-state index in [-0.39, 0.29) is 18.1 Å². The highest BCUT2D eigenvalue weighted by atomic mass is 32.2. The van der Waals surface area contributed by atoms with Gasteiger partial charge >= 0.3 is 0 Å². The Kier molecular flexibility index (Phi) is 4.38. The van der Waals surface area contributed by atoms with E-state index in [9.17, 15) is 9.18 Å². The largest absolute Gasteiger partial charge is 0.398 e. The van der Waals surface area contributed by atoms with E-state index in [4.69, 9.17) is 11.6 Å². The van der Waals surface area contributed by atoms with Crippen molar-refractivity contribution in [2.24, 2.45) is 5.84 Å².